The van der Waals surface area contributed by atoms with Crippen molar-refractivity contribution < 1.29 is 4.74 Å². The lowest BCUT2D eigenvalue weighted by Gasteiger charge is -2.14. The first-order valence-corrected chi connectivity index (χ1v) is 7.15. The summed E-state index contributed by atoms with van der Waals surface area (Å²) in [6, 6.07) is 11.9. The molecule has 2 nitrogen and oxygen atoms in total. The van der Waals surface area contributed by atoms with Crippen LogP contribution in [0.4, 0.5) is 5.69 Å². The lowest BCUT2D eigenvalue weighted by Crippen LogP contribution is -2.12. The third-order valence-electron chi connectivity index (χ3n) is 3.38. The average molecular weight is 290 g/mol. The number of anilines is 1. The van der Waals surface area contributed by atoms with Gasteiger partial charge in [0, 0.05) is 17.3 Å². The van der Waals surface area contributed by atoms with E-state index in [4.69, 9.17) is 16.3 Å². The van der Waals surface area contributed by atoms with Gasteiger partial charge in [0.15, 0.2) is 0 Å². The molecule has 0 saturated heterocycles. The Morgan fingerprint density at radius 3 is 2.55 bits per heavy atom. The van der Waals surface area contributed by atoms with Gasteiger partial charge in [-0.2, -0.15) is 0 Å². The summed E-state index contributed by atoms with van der Waals surface area (Å²) in [5.41, 5.74) is 4.66. The molecular formula is C17H20ClNO. The zero-order chi connectivity index (χ0) is 14.5. The van der Waals surface area contributed by atoms with Crippen molar-refractivity contribution in [2.45, 2.75) is 20.8 Å². The Bertz CT molecular complexity index is 596. The fraction of sp³-hybridized carbons (Fsp3) is 0.294. The molecule has 0 unspecified atom stereocenters. The van der Waals surface area contributed by atoms with Crippen molar-refractivity contribution in [3.63, 3.8) is 0 Å². The van der Waals surface area contributed by atoms with Crippen LogP contribution in [0.5, 0.6) is 5.75 Å². The van der Waals surface area contributed by atoms with E-state index in [9.17, 15) is 0 Å². The molecule has 0 spiro atoms. The van der Waals surface area contributed by atoms with Gasteiger partial charge in [0.1, 0.15) is 12.4 Å². The summed E-state index contributed by atoms with van der Waals surface area (Å²) in [5.74, 6) is 0.998. The standard InChI is InChI=1S/C17H20ClNO/c1-12-7-8-13(2)17(14(12)3)20-10-9-19-16-6-4-5-15(18)11-16/h4-8,11,19H,9-10H2,1-3H3. The number of aryl methyl sites for hydroxylation is 2. The maximum atomic E-state index is 5.94. The predicted octanol–water partition coefficient (Wildman–Crippen LogP) is 4.76. The summed E-state index contributed by atoms with van der Waals surface area (Å²) >= 11 is 5.94. The average Bonchev–Trinajstić information content (AvgIpc) is 2.42. The quantitative estimate of drug-likeness (QED) is 0.802. The molecule has 20 heavy (non-hydrogen) atoms. The Hall–Kier alpha value is -1.67. The molecule has 0 radical (unpaired) electrons. The maximum absolute atomic E-state index is 5.94. The lowest BCUT2D eigenvalue weighted by atomic mass is 10.1. The second kappa shape index (κ2) is 6.67. The van der Waals surface area contributed by atoms with Crippen molar-refractivity contribution in [2.24, 2.45) is 0 Å². The second-order valence-electron chi connectivity index (χ2n) is 4.94. The van der Waals surface area contributed by atoms with E-state index in [0.29, 0.717) is 6.61 Å². The smallest absolute Gasteiger partial charge is 0.125 e. The van der Waals surface area contributed by atoms with Crippen LogP contribution in [0, 0.1) is 20.8 Å². The van der Waals surface area contributed by atoms with E-state index in [1.54, 1.807) is 0 Å². The van der Waals surface area contributed by atoms with Crippen molar-refractivity contribution in [1.29, 1.82) is 0 Å². The van der Waals surface area contributed by atoms with Gasteiger partial charge in [-0.25, -0.2) is 0 Å². The fourth-order valence-corrected chi connectivity index (χ4v) is 2.28. The van der Waals surface area contributed by atoms with Crippen LogP contribution >= 0.6 is 11.6 Å². The first kappa shape index (κ1) is 14.7. The molecule has 0 bridgehead atoms. The summed E-state index contributed by atoms with van der Waals surface area (Å²) in [6.07, 6.45) is 0. The van der Waals surface area contributed by atoms with Gasteiger partial charge >= 0.3 is 0 Å². The molecule has 0 amide bonds. The van der Waals surface area contributed by atoms with E-state index in [1.165, 1.54) is 16.7 Å². The Labute approximate surface area is 125 Å². The number of halogens is 1. The van der Waals surface area contributed by atoms with Crippen molar-refractivity contribution in [3.05, 3.63) is 58.1 Å². The van der Waals surface area contributed by atoms with Gasteiger partial charge in [-0.15, -0.1) is 0 Å². The van der Waals surface area contributed by atoms with Crippen LogP contribution < -0.4 is 10.1 Å². The van der Waals surface area contributed by atoms with Gasteiger partial charge in [0.2, 0.25) is 0 Å². The van der Waals surface area contributed by atoms with Gasteiger partial charge in [0.25, 0.3) is 0 Å². The molecule has 3 heteroatoms. The van der Waals surface area contributed by atoms with E-state index in [-0.39, 0.29) is 0 Å². The van der Waals surface area contributed by atoms with Crippen LogP contribution in [-0.2, 0) is 0 Å². The summed E-state index contributed by atoms with van der Waals surface area (Å²) in [6.45, 7) is 7.64. The molecule has 0 aliphatic rings. The minimum absolute atomic E-state index is 0.623. The number of benzene rings is 2. The van der Waals surface area contributed by atoms with Crippen LogP contribution in [0.3, 0.4) is 0 Å². The molecule has 0 saturated carbocycles. The van der Waals surface area contributed by atoms with Crippen molar-refractivity contribution >= 4 is 17.3 Å². The van der Waals surface area contributed by atoms with E-state index in [1.807, 2.05) is 24.3 Å². The van der Waals surface area contributed by atoms with Gasteiger partial charge in [-0.1, -0.05) is 29.8 Å². The normalized spacial score (nSPS) is 10.4. The summed E-state index contributed by atoms with van der Waals surface area (Å²) in [7, 11) is 0. The molecule has 0 aliphatic heterocycles. The lowest BCUT2D eigenvalue weighted by molar-refractivity contribution is 0.328. The first-order chi connectivity index (χ1) is 9.58. The molecule has 106 valence electrons. The highest BCUT2D eigenvalue weighted by Crippen LogP contribution is 2.25. The highest BCUT2D eigenvalue weighted by molar-refractivity contribution is 6.30. The molecule has 1 N–H and O–H groups in total. The zero-order valence-corrected chi connectivity index (χ0v) is 12.9. The molecule has 2 aromatic rings. The topological polar surface area (TPSA) is 21.3 Å². The molecule has 0 heterocycles. The molecule has 2 rings (SSSR count). The summed E-state index contributed by atoms with van der Waals surface area (Å²) in [5, 5.41) is 4.04. The minimum Gasteiger partial charge on any atom is -0.491 e. The Morgan fingerprint density at radius 2 is 1.80 bits per heavy atom. The Kier molecular flexibility index (Phi) is 4.91. The van der Waals surface area contributed by atoms with E-state index in [2.05, 4.69) is 38.2 Å². The van der Waals surface area contributed by atoms with E-state index in [0.717, 1.165) is 23.0 Å². The third-order valence-corrected chi connectivity index (χ3v) is 3.61. The third kappa shape index (κ3) is 3.67. The second-order valence-corrected chi connectivity index (χ2v) is 5.38. The summed E-state index contributed by atoms with van der Waals surface area (Å²) < 4.78 is 5.90. The highest BCUT2D eigenvalue weighted by atomic mass is 35.5. The van der Waals surface area contributed by atoms with Crippen LogP contribution in [0.25, 0.3) is 0 Å². The Balaban J connectivity index is 1.89. The van der Waals surface area contributed by atoms with Gasteiger partial charge in [0.05, 0.1) is 0 Å². The number of ether oxygens (including phenoxy) is 1. The van der Waals surface area contributed by atoms with Crippen LogP contribution in [0.1, 0.15) is 16.7 Å². The SMILES string of the molecule is Cc1ccc(C)c(OCCNc2cccc(Cl)c2)c1C. The van der Waals surface area contributed by atoms with E-state index < -0.39 is 0 Å². The molecule has 0 aromatic heterocycles. The number of rotatable bonds is 5. The van der Waals surface area contributed by atoms with Crippen LogP contribution in [-0.4, -0.2) is 13.2 Å². The van der Waals surface area contributed by atoms with Crippen molar-refractivity contribution in [2.75, 3.05) is 18.5 Å². The summed E-state index contributed by atoms with van der Waals surface area (Å²) in [4.78, 5) is 0. The van der Waals surface area contributed by atoms with Crippen LogP contribution in [0.15, 0.2) is 36.4 Å². The highest BCUT2D eigenvalue weighted by Gasteiger charge is 2.05. The largest absolute Gasteiger partial charge is 0.491 e. The first-order valence-electron chi connectivity index (χ1n) is 6.77. The monoisotopic (exact) mass is 289 g/mol. The van der Waals surface area contributed by atoms with Crippen LogP contribution in [0.2, 0.25) is 5.02 Å². The number of nitrogens with one attached hydrogen (secondary N) is 1. The fourth-order valence-electron chi connectivity index (χ4n) is 2.09. The zero-order valence-electron chi connectivity index (χ0n) is 12.2. The van der Waals surface area contributed by atoms with Gasteiger partial charge < -0.3 is 10.1 Å². The molecule has 0 fully saturated rings. The van der Waals surface area contributed by atoms with Crippen molar-refractivity contribution in [1.82, 2.24) is 0 Å². The minimum atomic E-state index is 0.623. The molecule has 0 aliphatic carbocycles. The van der Waals surface area contributed by atoms with Gasteiger partial charge in [-0.05, 0) is 55.7 Å². The van der Waals surface area contributed by atoms with E-state index >= 15 is 0 Å². The molecular weight excluding hydrogens is 270 g/mol. The molecule has 2 aromatic carbocycles. The Morgan fingerprint density at radius 1 is 1.05 bits per heavy atom. The van der Waals surface area contributed by atoms with Gasteiger partial charge in [-0.3, -0.25) is 0 Å². The number of hydrogen-bond acceptors (Lipinski definition) is 2. The van der Waals surface area contributed by atoms with Crippen molar-refractivity contribution in [3.8, 4) is 5.75 Å². The maximum Gasteiger partial charge on any atom is 0.125 e. The number of hydrogen-bond donors (Lipinski definition) is 1. The molecule has 0 atom stereocenters. The predicted molar refractivity (Wildman–Crippen MR) is 86.1 cm³/mol.